The molecule has 0 saturated carbocycles. The van der Waals surface area contributed by atoms with E-state index < -0.39 is 0 Å². The first-order chi connectivity index (χ1) is 8.11. The van der Waals surface area contributed by atoms with Crippen LogP contribution in [0, 0.1) is 0 Å². The summed E-state index contributed by atoms with van der Waals surface area (Å²) in [6, 6.07) is 10.7. The minimum absolute atomic E-state index is 0.623. The second-order valence-corrected chi connectivity index (χ2v) is 4.43. The van der Waals surface area contributed by atoms with E-state index in [0.717, 1.165) is 11.1 Å². The van der Waals surface area contributed by atoms with E-state index in [4.69, 9.17) is 33.7 Å². The van der Waals surface area contributed by atoms with Crippen molar-refractivity contribution in [3.63, 3.8) is 0 Å². The second-order valence-electron chi connectivity index (χ2n) is 3.58. The average Bonchev–Trinajstić information content (AvgIpc) is 2.32. The van der Waals surface area contributed by atoms with E-state index in [2.05, 4.69) is 0 Å². The summed E-state index contributed by atoms with van der Waals surface area (Å²) in [6.07, 6.45) is 0. The van der Waals surface area contributed by atoms with Gasteiger partial charge in [0.15, 0.2) is 0 Å². The van der Waals surface area contributed by atoms with Gasteiger partial charge in [-0.15, -0.1) is 0 Å². The third-order valence-corrected chi connectivity index (χ3v) is 3.01. The zero-order valence-corrected chi connectivity index (χ0v) is 10.7. The number of nitrogens with two attached hydrogens (primary N) is 1. The molecule has 0 aliphatic rings. The van der Waals surface area contributed by atoms with Crippen molar-refractivity contribution in [2.24, 2.45) is 0 Å². The van der Waals surface area contributed by atoms with E-state index in [9.17, 15) is 0 Å². The summed E-state index contributed by atoms with van der Waals surface area (Å²) < 4.78 is 5.29. The number of hydrogen-bond acceptors (Lipinski definition) is 2. The van der Waals surface area contributed by atoms with Crippen LogP contribution in [0.2, 0.25) is 10.0 Å². The molecule has 4 heteroatoms. The molecule has 2 rings (SSSR count). The van der Waals surface area contributed by atoms with Crippen LogP contribution in [0.5, 0.6) is 5.75 Å². The van der Waals surface area contributed by atoms with Crippen molar-refractivity contribution in [2.45, 2.75) is 0 Å². The fourth-order valence-corrected chi connectivity index (χ4v) is 2.03. The summed E-state index contributed by atoms with van der Waals surface area (Å²) in [5.74, 6) is 0.675. The van der Waals surface area contributed by atoms with Crippen LogP contribution in [0.3, 0.4) is 0 Å². The van der Waals surface area contributed by atoms with Crippen molar-refractivity contribution >= 4 is 28.9 Å². The highest BCUT2D eigenvalue weighted by Crippen LogP contribution is 2.37. The third-order valence-electron chi connectivity index (χ3n) is 2.44. The molecule has 0 spiro atoms. The Morgan fingerprint density at radius 1 is 1.00 bits per heavy atom. The topological polar surface area (TPSA) is 35.2 Å². The Balaban J connectivity index is 2.63. The monoisotopic (exact) mass is 267 g/mol. The summed E-state index contributed by atoms with van der Waals surface area (Å²) in [6.45, 7) is 0. The fourth-order valence-electron chi connectivity index (χ4n) is 1.63. The van der Waals surface area contributed by atoms with Gasteiger partial charge < -0.3 is 10.5 Å². The van der Waals surface area contributed by atoms with Gasteiger partial charge >= 0.3 is 0 Å². The maximum atomic E-state index is 6.15. The number of rotatable bonds is 2. The van der Waals surface area contributed by atoms with Gasteiger partial charge in [0.1, 0.15) is 5.75 Å². The molecule has 0 aliphatic heterocycles. The van der Waals surface area contributed by atoms with Gasteiger partial charge in [-0.2, -0.15) is 0 Å². The molecule has 0 unspecified atom stereocenters. The Hall–Kier alpha value is -1.38. The summed E-state index contributed by atoms with van der Waals surface area (Å²) in [4.78, 5) is 0. The lowest BCUT2D eigenvalue weighted by Gasteiger charge is -2.11. The third kappa shape index (κ3) is 2.48. The first-order valence-electron chi connectivity index (χ1n) is 5.01. The number of halogens is 2. The lowest BCUT2D eigenvalue weighted by atomic mass is 10.0. The van der Waals surface area contributed by atoms with Crippen LogP contribution < -0.4 is 10.5 Å². The molecule has 0 aliphatic carbocycles. The maximum Gasteiger partial charge on any atom is 0.128 e. The van der Waals surface area contributed by atoms with Crippen molar-refractivity contribution in [1.29, 1.82) is 0 Å². The maximum absolute atomic E-state index is 6.15. The quantitative estimate of drug-likeness (QED) is 0.826. The predicted molar refractivity (Wildman–Crippen MR) is 72.9 cm³/mol. The molecule has 2 aromatic rings. The van der Waals surface area contributed by atoms with Gasteiger partial charge in [-0.05, 0) is 30.3 Å². The lowest BCUT2D eigenvalue weighted by Crippen LogP contribution is -1.91. The van der Waals surface area contributed by atoms with E-state index in [1.165, 1.54) is 0 Å². The highest BCUT2D eigenvalue weighted by atomic mass is 35.5. The summed E-state index contributed by atoms with van der Waals surface area (Å²) in [7, 11) is 1.59. The van der Waals surface area contributed by atoms with E-state index >= 15 is 0 Å². The van der Waals surface area contributed by atoms with Crippen LogP contribution >= 0.6 is 23.2 Å². The molecule has 2 aromatic carbocycles. The molecular formula is C13H11Cl2NO. The molecule has 0 atom stereocenters. The van der Waals surface area contributed by atoms with Crippen molar-refractivity contribution in [3.05, 3.63) is 46.4 Å². The van der Waals surface area contributed by atoms with Gasteiger partial charge in [-0.1, -0.05) is 23.2 Å². The van der Waals surface area contributed by atoms with E-state index in [1.807, 2.05) is 6.07 Å². The Labute approximate surface area is 110 Å². The molecule has 0 saturated heterocycles. The summed E-state index contributed by atoms with van der Waals surface area (Å²) in [5, 5.41) is 1.25. The normalized spacial score (nSPS) is 10.3. The molecular weight excluding hydrogens is 257 g/mol. The van der Waals surface area contributed by atoms with Gasteiger partial charge in [-0.25, -0.2) is 0 Å². The fraction of sp³-hybridized carbons (Fsp3) is 0.0769. The molecule has 0 bridgehead atoms. The van der Waals surface area contributed by atoms with Gasteiger partial charge in [0, 0.05) is 32.9 Å². The predicted octanol–water partition coefficient (Wildman–Crippen LogP) is 4.25. The lowest BCUT2D eigenvalue weighted by molar-refractivity contribution is 0.416. The second kappa shape index (κ2) is 4.86. The van der Waals surface area contributed by atoms with Crippen LogP contribution in [-0.2, 0) is 0 Å². The van der Waals surface area contributed by atoms with Gasteiger partial charge in [0.25, 0.3) is 0 Å². The van der Waals surface area contributed by atoms with Crippen LogP contribution in [-0.4, -0.2) is 7.11 Å². The van der Waals surface area contributed by atoms with E-state index in [0.29, 0.717) is 21.5 Å². The summed E-state index contributed by atoms with van der Waals surface area (Å²) in [5.41, 5.74) is 8.05. The first kappa shape index (κ1) is 12.1. The highest BCUT2D eigenvalue weighted by molar-refractivity contribution is 6.35. The van der Waals surface area contributed by atoms with E-state index in [-0.39, 0.29) is 0 Å². The summed E-state index contributed by atoms with van der Waals surface area (Å²) >= 11 is 12.1. The number of methoxy groups -OCH3 is 1. The SMILES string of the molecule is COc1cc(N)ccc1-c1cc(Cl)ccc1Cl. The molecule has 0 fully saturated rings. The van der Waals surface area contributed by atoms with Crippen molar-refractivity contribution < 1.29 is 4.74 Å². The minimum Gasteiger partial charge on any atom is -0.496 e. The van der Waals surface area contributed by atoms with Crippen LogP contribution in [0.4, 0.5) is 5.69 Å². The Morgan fingerprint density at radius 2 is 1.76 bits per heavy atom. The molecule has 0 radical (unpaired) electrons. The van der Waals surface area contributed by atoms with Crippen molar-refractivity contribution in [3.8, 4) is 16.9 Å². The Bertz CT molecular complexity index is 555. The number of ether oxygens (including phenoxy) is 1. The van der Waals surface area contributed by atoms with Gasteiger partial charge in [-0.3, -0.25) is 0 Å². The van der Waals surface area contributed by atoms with E-state index in [1.54, 1.807) is 37.4 Å². The molecule has 2 N–H and O–H groups in total. The average molecular weight is 268 g/mol. The number of nitrogen functional groups attached to an aromatic ring is 1. The first-order valence-corrected chi connectivity index (χ1v) is 5.76. The molecule has 0 aromatic heterocycles. The van der Waals surface area contributed by atoms with Crippen LogP contribution in [0.1, 0.15) is 0 Å². The molecule has 88 valence electrons. The zero-order valence-electron chi connectivity index (χ0n) is 9.21. The number of benzene rings is 2. The standard InChI is InChI=1S/C13H11Cl2NO/c1-17-13-7-9(16)3-4-10(13)11-6-8(14)2-5-12(11)15/h2-7H,16H2,1H3. The van der Waals surface area contributed by atoms with Crippen LogP contribution in [0.15, 0.2) is 36.4 Å². The molecule has 17 heavy (non-hydrogen) atoms. The number of hydrogen-bond donors (Lipinski definition) is 1. The zero-order chi connectivity index (χ0) is 12.4. The molecule has 2 nitrogen and oxygen atoms in total. The molecule has 0 heterocycles. The van der Waals surface area contributed by atoms with Crippen molar-refractivity contribution in [1.82, 2.24) is 0 Å². The van der Waals surface area contributed by atoms with Gasteiger partial charge in [0.05, 0.1) is 7.11 Å². The van der Waals surface area contributed by atoms with Crippen LogP contribution in [0.25, 0.3) is 11.1 Å². The van der Waals surface area contributed by atoms with Crippen molar-refractivity contribution in [2.75, 3.05) is 12.8 Å². The minimum atomic E-state index is 0.623. The number of anilines is 1. The Kier molecular flexibility index (Phi) is 3.46. The molecule has 0 amide bonds. The van der Waals surface area contributed by atoms with Gasteiger partial charge in [0.2, 0.25) is 0 Å². The smallest absolute Gasteiger partial charge is 0.128 e. The Morgan fingerprint density at radius 3 is 2.47 bits per heavy atom. The highest BCUT2D eigenvalue weighted by Gasteiger charge is 2.10. The largest absolute Gasteiger partial charge is 0.496 e.